The van der Waals surface area contributed by atoms with E-state index >= 15 is 0 Å². The predicted molar refractivity (Wildman–Crippen MR) is 99.3 cm³/mol. The third kappa shape index (κ3) is 3.07. The molecule has 0 spiro atoms. The van der Waals surface area contributed by atoms with Crippen molar-refractivity contribution in [3.63, 3.8) is 0 Å². The highest BCUT2D eigenvalue weighted by atomic mass is 15.0. The average Bonchev–Trinajstić information content (AvgIpc) is 2.98. The Bertz CT molecular complexity index is 616. The second-order valence-electron chi connectivity index (χ2n) is 7.60. The van der Waals surface area contributed by atoms with Crippen molar-refractivity contribution in [3.8, 4) is 0 Å². The van der Waals surface area contributed by atoms with Crippen molar-refractivity contribution >= 4 is 0 Å². The normalized spacial score (nSPS) is 18.4. The van der Waals surface area contributed by atoms with Crippen LogP contribution in [0, 0.1) is 27.7 Å². The van der Waals surface area contributed by atoms with Gasteiger partial charge >= 0.3 is 0 Å². The Morgan fingerprint density at radius 3 is 1.57 bits per heavy atom. The number of hydrogen-bond acceptors (Lipinski definition) is 1. The van der Waals surface area contributed by atoms with Gasteiger partial charge in [-0.1, -0.05) is 58.7 Å². The van der Waals surface area contributed by atoms with Gasteiger partial charge in [-0.3, -0.25) is 0 Å². The maximum absolute atomic E-state index is 3.77. The van der Waals surface area contributed by atoms with Crippen LogP contribution in [0.1, 0.15) is 53.1 Å². The standard InChI is InChI=1S/C22H29N/c1-15-9-16(2)12-19(11-15)22(5,21-7-6-8-23-21)20-13-17(3)10-18(4)14-20/h9-14,21,23H,6-8H2,1-5H3/t21-/m1/s1. The molecule has 0 bridgehead atoms. The van der Waals surface area contributed by atoms with E-state index in [9.17, 15) is 0 Å². The smallest absolute Gasteiger partial charge is 0.0328 e. The topological polar surface area (TPSA) is 12.0 Å². The summed E-state index contributed by atoms with van der Waals surface area (Å²) in [7, 11) is 0. The highest BCUT2D eigenvalue weighted by molar-refractivity contribution is 5.46. The predicted octanol–water partition coefficient (Wildman–Crippen LogP) is 4.98. The Labute approximate surface area is 141 Å². The lowest BCUT2D eigenvalue weighted by Crippen LogP contribution is -2.44. The van der Waals surface area contributed by atoms with Crippen LogP contribution in [0.5, 0.6) is 0 Å². The molecule has 1 heterocycles. The first-order valence-electron chi connectivity index (χ1n) is 8.80. The summed E-state index contributed by atoms with van der Waals surface area (Å²) in [5.74, 6) is 0. The van der Waals surface area contributed by atoms with Crippen LogP contribution in [0.2, 0.25) is 0 Å². The van der Waals surface area contributed by atoms with Gasteiger partial charge in [0.05, 0.1) is 0 Å². The minimum Gasteiger partial charge on any atom is -0.313 e. The number of rotatable bonds is 3. The minimum atomic E-state index is 0.0179. The Morgan fingerprint density at radius 2 is 1.22 bits per heavy atom. The molecule has 0 aliphatic carbocycles. The van der Waals surface area contributed by atoms with E-state index in [-0.39, 0.29) is 5.41 Å². The molecule has 1 aliphatic heterocycles. The van der Waals surface area contributed by atoms with Gasteiger partial charge in [-0.2, -0.15) is 0 Å². The zero-order valence-electron chi connectivity index (χ0n) is 15.2. The lowest BCUT2D eigenvalue weighted by molar-refractivity contribution is 0.406. The number of nitrogens with one attached hydrogen (secondary N) is 1. The largest absolute Gasteiger partial charge is 0.313 e. The van der Waals surface area contributed by atoms with Gasteiger partial charge in [0.2, 0.25) is 0 Å². The molecule has 0 amide bonds. The Kier molecular flexibility index (Phi) is 4.33. The van der Waals surface area contributed by atoms with Gasteiger partial charge in [-0.05, 0) is 65.1 Å². The summed E-state index contributed by atoms with van der Waals surface area (Å²) in [6.45, 7) is 12.4. The summed E-state index contributed by atoms with van der Waals surface area (Å²) in [6.07, 6.45) is 2.52. The fraction of sp³-hybridized carbons (Fsp3) is 0.455. The van der Waals surface area contributed by atoms with Crippen LogP contribution in [-0.2, 0) is 5.41 Å². The Hall–Kier alpha value is -1.60. The zero-order valence-corrected chi connectivity index (χ0v) is 15.2. The fourth-order valence-electron chi connectivity index (χ4n) is 4.30. The van der Waals surface area contributed by atoms with E-state index < -0.39 is 0 Å². The van der Waals surface area contributed by atoms with Gasteiger partial charge in [0.1, 0.15) is 0 Å². The third-order valence-corrected chi connectivity index (χ3v) is 5.40. The Balaban J connectivity index is 2.21. The first-order chi connectivity index (χ1) is 10.9. The molecule has 1 heteroatoms. The lowest BCUT2D eigenvalue weighted by Gasteiger charge is -2.38. The molecule has 2 aromatic rings. The third-order valence-electron chi connectivity index (χ3n) is 5.40. The van der Waals surface area contributed by atoms with Gasteiger partial charge in [0, 0.05) is 11.5 Å². The molecular weight excluding hydrogens is 278 g/mol. The molecule has 1 saturated heterocycles. The van der Waals surface area contributed by atoms with Crippen molar-refractivity contribution in [2.24, 2.45) is 0 Å². The molecule has 3 rings (SSSR count). The molecule has 1 nitrogen and oxygen atoms in total. The van der Waals surface area contributed by atoms with Gasteiger partial charge < -0.3 is 5.32 Å². The van der Waals surface area contributed by atoms with Crippen molar-refractivity contribution in [2.75, 3.05) is 6.54 Å². The van der Waals surface area contributed by atoms with Crippen molar-refractivity contribution < 1.29 is 0 Å². The Morgan fingerprint density at radius 1 is 0.783 bits per heavy atom. The SMILES string of the molecule is Cc1cc(C)cc(C(C)(c2cc(C)cc(C)c2)[C@H]2CCCN2)c1. The highest BCUT2D eigenvalue weighted by Gasteiger charge is 2.39. The second-order valence-corrected chi connectivity index (χ2v) is 7.60. The van der Waals surface area contributed by atoms with Crippen molar-refractivity contribution in [1.29, 1.82) is 0 Å². The van der Waals surface area contributed by atoms with Crippen molar-refractivity contribution in [2.45, 2.75) is 58.9 Å². The summed E-state index contributed by atoms with van der Waals surface area (Å²) in [5.41, 5.74) is 8.33. The minimum absolute atomic E-state index is 0.0179. The summed E-state index contributed by atoms with van der Waals surface area (Å²) in [4.78, 5) is 0. The molecule has 1 atom stereocenters. The molecule has 1 fully saturated rings. The van der Waals surface area contributed by atoms with E-state index in [1.54, 1.807) is 0 Å². The average molecular weight is 307 g/mol. The van der Waals surface area contributed by atoms with E-state index in [1.165, 1.54) is 46.2 Å². The highest BCUT2D eigenvalue weighted by Crippen LogP contribution is 2.40. The maximum Gasteiger partial charge on any atom is 0.0328 e. The van der Waals surface area contributed by atoms with E-state index in [0.717, 1.165) is 6.54 Å². The molecule has 122 valence electrons. The van der Waals surface area contributed by atoms with Crippen LogP contribution < -0.4 is 5.32 Å². The van der Waals surface area contributed by atoms with Crippen LogP contribution in [0.25, 0.3) is 0 Å². The van der Waals surface area contributed by atoms with Crippen LogP contribution in [0.4, 0.5) is 0 Å². The molecule has 0 radical (unpaired) electrons. The summed E-state index contributed by atoms with van der Waals surface area (Å²) in [6, 6.07) is 14.6. The quantitative estimate of drug-likeness (QED) is 0.843. The van der Waals surface area contributed by atoms with Gasteiger partial charge in [-0.25, -0.2) is 0 Å². The molecule has 1 aliphatic rings. The van der Waals surface area contributed by atoms with E-state index in [2.05, 4.69) is 76.3 Å². The molecule has 0 saturated carbocycles. The molecule has 1 N–H and O–H groups in total. The van der Waals surface area contributed by atoms with Crippen molar-refractivity contribution in [3.05, 3.63) is 69.8 Å². The number of benzene rings is 2. The molecule has 0 unspecified atom stereocenters. The number of hydrogen-bond donors (Lipinski definition) is 1. The molecule has 2 aromatic carbocycles. The molecular formula is C22H29N. The van der Waals surface area contributed by atoms with E-state index in [4.69, 9.17) is 0 Å². The zero-order chi connectivity index (χ0) is 16.6. The van der Waals surface area contributed by atoms with Crippen molar-refractivity contribution in [1.82, 2.24) is 5.32 Å². The first-order valence-corrected chi connectivity index (χ1v) is 8.80. The van der Waals surface area contributed by atoms with Crippen LogP contribution in [0.15, 0.2) is 36.4 Å². The van der Waals surface area contributed by atoms with Crippen LogP contribution >= 0.6 is 0 Å². The first kappa shape index (κ1) is 16.3. The van der Waals surface area contributed by atoms with Gasteiger partial charge in [0.25, 0.3) is 0 Å². The summed E-state index contributed by atoms with van der Waals surface area (Å²) < 4.78 is 0. The number of aryl methyl sites for hydroxylation is 4. The van der Waals surface area contributed by atoms with E-state index in [0.29, 0.717) is 6.04 Å². The lowest BCUT2D eigenvalue weighted by atomic mass is 9.69. The summed E-state index contributed by atoms with van der Waals surface area (Å²) >= 11 is 0. The van der Waals surface area contributed by atoms with Gasteiger partial charge in [-0.15, -0.1) is 0 Å². The van der Waals surface area contributed by atoms with Gasteiger partial charge in [0.15, 0.2) is 0 Å². The van der Waals surface area contributed by atoms with Crippen LogP contribution in [-0.4, -0.2) is 12.6 Å². The van der Waals surface area contributed by atoms with E-state index in [1.807, 2.05) is 0 Å². The summed E-state index contributed by atoms with van der Waals surface area (Å²) in [5, 5.41) is 3.77. The monoisotopic (exact) mass is 307 g/mol. The molecule has 0 aromatic heterocycles. The molecule has 23 heavy (non-hydrogen) atoms. The maximum atomic E-state index is 3.77. The second kappa shape index (κ2) is 6.13. The fourth-order valence-corrected chi connectivity index (χ4v) is 4.30. The van der Waals surface area contributed by atoms with Crippen LogP contribution in [0.3, 0.4) is 0 Å².